The lowest BCUT2D eigenvalue weighted by molar-refractivity contribution is 0.581. The van der Waals surface area contributed by atoms with Crippen LogP contribution in [0.5, 0.6) is 0 Å². The fraction of sp³-hybridized carbons (Fsp3) is 0.143. The molecule has 0 aliphatic carbocycles. The predicted molar refractivity (Wildman–Crippen MR) is 83.8 cm³/mol. The first-order valence-corrected chi connectivity index (χ1v) is 8.26. The van der Waals surface area contributed by atoms with Gasteiger partial charge in [-0.05, 0) is 48.4 Å². The highest BCUT2D eigenvalue weighted by Gasteiger charge is 2.14. The summed E-state index contributed by atoms with van der Waals surface area (Å²) in [5.74, 6) is 0. The maximum atomic E-state index is 12.2. The molecule has 0 bridgehead atoms. The van der Waals surface area contributed by atoms with Gasteiger partial charge in [0.15, 0.2) is 0 Å². The average Bonchev–Trinajstić information content (AvgIpc) is 2.41. The molecule has 0 atom stereocenters. The van der Waals surface area contributed by atoms with Gasteiger partial charge in [0.2, 0.25) is 10.0 Å². The second kappa shape index (κ2) is 5.95. The van der Waals surface area contributed by atoms with Crippen LogP contribution in [0.4, 0.5) is 5.69 Å². The number of nitrogens with one attached hydrogen (secondary N) is 1. The average molecular weight is 355 g/mol. The number of hydrogen-bond donors (Lipinski definition) is 2. The minimum absolute atomic E-state index is 0.234. The first-order chi connectivity index (χ1) is 9.38. The summed E-state index contributed by atoms with van der Waals surface area (Å²) in [7, 11) is -3.51. The summed E-state index contributed by atoms with van der Waals surface area (Å²) < 4.78 is 27.8. The summed E-state index contributed by atoms with van der Waals surface area (Å²) in [6.45, 7) is 2.08. The third kappa shape index (κ3) is 3.59. The van der Waals surface area contributed by atoms with Crippen LogP contribution in [-0.2, 0) is 16.6 Å². The molecule has 0 aliphatic rings. The molecule has 20 heavy (non-hydrogen) atoms. The predicted octanol–water partition coefficient (Wildman–Crippen LogP) is 2.82. The minimum Gasteiger partial charge on any atom is -0.399 e. The Morgan fingerprint density at radius 2 is 1.80 bits per heavy atom. The summed E-state index contributed by atoms with van der Waals surface area (Å²) in [6, 6.07) is 12.0. The topological polar surface area (TPSA) is 72.2 Å². The largest absolute Gasteiger partial charge is 0.399 e. The van der Waals surface area contributed by atoms with Gasteiger partial charge < -0.3 is 5.73 Å². The van der Waals surface area contributed by atoms with E-state index in [-0.39, 0.29) is 11.4 Å². The molecule has 2 aromatic rings. The maximum absolute atomic E-state index is 12.2. The van der Waals surface area contributed by atoms with Crippen molar-refractivity contribution in [2.24, 2.45) is 0 Å². The summed E-state index contributed by atoms with van der Waals surface area (Å²) in [6.07, 6.45) is 0. The number of sulfonamides is 1. The molecule has 0 amide bonds. The van der Waals surface area contributed by atoms with E-state index in [1.165, 1.54) is 0 Å². The first kappa shape index (κ1) is 15.0. The highest BCUT2D eigenvalue weighted by Crippen LogP contribution is 2.20. The summed E-state index contributed by atoms with van der Waals surface area (Å²) in [4.78, 5) is 0.258. The van der Waals surface area contributed by atoms with Gasteiger partial charge in [-0.15, -0.1) is 0 Å². The maximum Gasteiger partial charge on any atom is 0.240 e. The highest BCUT2D eigenvalue weighted by atomic mass is 79.9. The van der Waals surface area contributed by atoms with Gasteiger partial charge in [-0.1, -0.05) is 28.1 Å². The van der Waals surface area contributed by atoms with Crippen molar-refractivity contribution < 1.29 is 8.42 Å². The molecule has 2 rings (SSSR count). The van der Waals surface area contributed by atoms with E-state index < -0.39 is 10.0 Å². The smallest absolute Gasteiger partial charge is 0.240 e. The molecule has 0 fully saturated rings. The number of rotatable bonds is 4. The minimum atomic E-state index is -3.51. The standard InChI is InChI=1S/C14H15BrN2O2S/c1-10-8-13(6-7-14(10)15)20(18,19)17-9-11-2-4-12(16)5-3-11/h2-8,17H,9,16H2,1H3. The van der Waals surface area contributed by atoms with E-state index in [1.807, 2.05) is 6.92 Å². The molecule has 0 aliphatic heterocycles. The second-order valence-electron chi connectivity index (χ2n) is 4.48. The third-order valence-electron chi connectivity index (χ3n) is 2.89. The van der Waals surface area contributed by atoms with E-state index in [9.17, 15) is 8.42 Å². The van der Waals surface area contributed by atoms with Crippen LogP contribution in [0, 0.1) is 6.92 Å². The fourth-order valence-corrected chi connectivity index (χ4v) is 3.03. The van der Waals surface area contributed by atoms with Gasteiger partial charge in [0.05, 0.1) is 4.90 Å². The number of hydrogen-bond acceptors (Lipinski definition) is 3. The lowest BCUT2D eigenvalue weighted by atomic mass is 10.2. The van der Waals surface area contributed by atoms with Crippen LogP contribution >= 0.6 is 15.9 Å². The van der Waals surface area contributed by atoms with E-state index in [0.29, 0.717) is 5.69 Å². The van der Waals surface area contributed by atoms with Gasteiger partial charge in [-0.25, -0.2) is 13.1 Å². The molecule has 0 radical (unpaired) electrons. The molecule has 4 nitrogen and oxygen atoms in total. The number of aryl methyl sites for hydroxylation is 1. The van der Waals surface area contributed by atoms with Crippen LogP contribution in [0.15, 0.2) is 51.8 Å². The zero-order valence-corrected chi connectivity index (χ0v) is 13.3. The third-order valence-corrected chi connectivity index (χ3v) is 5.17. The van der Waals surface area contributed by atoms with Crippen LogP contribution in [0.25, 0.3) is 0 Å². The van der Waals surface area contributed by atoms with Gasteiger partial charge in [-0.2, -0.15) is 0 Å². The normalized spacial score (nSPS) is 11.5. The number of halogens is 1. The van der Waals surface area contributed by atoms with Crippen LogP contribution in [0.1, 0.15) is 11.1 Å². The molecule has 106 valence electrons. The number of nitrogen functional groups attached to an aromatic ring is 1. The van der Waals surface area contributed by atoms with Crippen molar-refractivity contribution in [3.05, 3.63) is 58.1 Å². The molecule has 2 aromatic carbocycles. The van der Waals surface area contributed by atoms with Crippen LogP contribution < -0.4 is 10.5 Å². The molecular weight excluding hydrogens is 340 g/mol. The van der Waals surface area contributed by atoms with Gasteiger partial charge in [-0.3, -0.25) is 0 Å². The Morgan fingerprint density at radius 1 is 1.15 bits per heavy atom. The van der Waals surface area contributed by atoms with Gasteiger partial charge in [0, 0.05) is 16.7 Å². The van der Waals surface area contributed by atoms with Crippen molar-refractivity contribution in [3.8, 4) is 0 Å². The Balaban J connectivity index is 2.14. The Kier molecular flexibility index (Phi) is 4.47. The van der Waals surface area contributed by atoms with Crippen molar-refractivity contribution in [1.29, 1.82) is 0 Å². The zero-order chi connectivity index (χ0) is 14.8. The lowest BCUT2D eigenvalue weighted by Gasteiger charge is -2.08. The molecule has 6 heteroatoms. The Labute approximate surface area is 127 Å². The summed E-state index contributed by atoms with van der Waals surface area (Å²) >= 11 is 3.35. The zero-order valence-electron chi connectivity index (χ0n) is 10.9. The van der Waals surface area contributed by atoms with Gasteiger partial charge >= 0.3 is 0 Å². The number of anilines is 1. The summed E-state index contributed by atoms with van der Waals surface area (Å²) in [5.41, 5.74) is 7.97. The first-order valence-electron chi connectivity index (χ1n) is 5.99. The van der Waals surface area contributed by atoms with Crippen molar-refractivity contribution in [3.63, 3.8) is 0 Å². The van der Waals surface area contributed by atoms with Crippen LogP contribution in [0.3, 0.4) is 0 Å². The van der Waals surface area contributed by atoms with E-state index in [1.54, 1.807) is 42.5 Å². The molecular formula is C14H15BrN2O2S. The SMILES string of the molecule is Cc1cc(S(=O)(=O)NCc2ccc(N)cc2)ccc1Br. The van der Waals surface area contributed by atoms with Crippen molar-refractivity contribution in [1.82, 2.24) is 4.72 Å². The van der Waals surface area contributed by atoms with Crippen LogP contribution in [-0.4, -0.2) is 8.42 Å². The molecule has 0 saturated heterocycles. The Hall–Kier alpha value is -1.37. The van der Waals surface area contributed by atoms with Crippen LogP contribution in [0.2, 0.25) is 0 Å². The molecule has 0 spiro atoms. The van der Waals surface area contributed by atoms with Crippen molar-refractivity contribution in [2.75, 3.05) is 5.73 Å². The molecule has 0 aromatic heterocycles. The number of benzene rings is 2. The van der Waals surface area contributed by atoms with Crippen molar-refractivity contribution in [2.45, 2.75) is 18.4 Å². The fourth-order valence-electron chi connectivity index (χ4n) is 1.68. The van der Waals surface area contributed by atoms with Crippen molar-refractivity contribution >= 4 is 31.6 Å². The highest BCUT2D eigenvalue weighted by molar-refractivity contribution is 9.10. The molecule has 0 unspecified atom stereocenters. The van der Waals surface area contributed by atoms with E-state index >= 15 is 0 Å². The van der Waals surface area contributed by atoms with Gasteiger partial charge in [0.25, 0.3) is 0 Å². The quantitative estimate of drug-likeness (QED) is 0.829. The van der Waals surface area contributed by atoms with Gasteiger partial charge in [0.1, 0.15) is 0 Å². The van der Waals surface area contributed by atoms with E-state index in [2.05, 4.69) is 20.7 Å². The van der Waals surface area contributed by atoms with E-state index in [0.717, 1.165) is 15.6 Å². The lowest BCUT2D eigenvalue weighted by Crippen LogP contribution is -2.23. The Morgan fingerprint density at radius 3 is 2.40 bits per heavy atom. The molecule has 0 heterocycles. The monoisotopic (exact) mass is 354 g/mol. The van der Waals surface area contributed by atoms with E-state index in [4.69, 9.17) is 5.73 Å². The number of nitrogens with two attached hydrogens (primary N) is 1. The molecule has 3 N–H and O–H groups in total. The summed E-state index contributed by atoms with van der Waals surface area (Å²) in [5, 5.41) is 0. The Bertz CT molecular complexity index is 712. The second-order valence-corrected chi connectivity index (χ2v) is 7.10. The molecule has 0 saturated carbocycles.